The summed E-state index contributed by atoms with van der Waals surface area (Å²) in [7, 11) is 1.68. The summed E-state index contributed by atoms with van der Waals surface area (Å²) in [5.74, 6) is 0.892. The normalized spacial score (nSPS) is 16.2. The van der Waals surface area contributed by atoms with Gasteiger partial charge in [-0.15, -0.1) is 0 Å². The van der Waals surface area contributed by atoms with Crippen molar-refractivity contribution in [3.8, 4) is 5.75 Å². The van der Waals surface area contributed by atoms with E-state index in [1.54, 1.807) is 19.2 Å². The van der Waals surface area contributed by atoms with Gasteiger partial charge >= 0.3 is 0 Å². The van der Waals surface area contributed by atoms with Crippen LogP contribution in [0.3, 0.4) is 0 Å². The van der Waals surface area contributed by atoms with Crippen LogP contribution >= 0.6 is 11.6 Å². The smallest absolute Gasteiger partial charge is 0.282 e. The number of halogens is 1. The molecule has 5 nitrogen and oxygen atoms in total. The summed E-state index contributed by atoms with van der Waals surface area (Å²) in [6.07, 6.45) is 0. The number of nitrogens with zero attached hydrogens (tertiary/aromatic N) is 1. The molecule has 1 amide bonds. The molecule has 1 atom stereocenters. The lowest BCUT2D eigenvalue weighted by molar-refractivity contribution is -0.914. The number of ether oxygens (including phenoxy) is 1. The zero-order valence-corrected chi connectivity index (χ0v) is 15.9. The molecule has 2 aromatic carbocycles. The number of piperazine rings is 1. The highest BCUT2D eigenvalue weighted by molar-refractivity contribution is 6.30. The number of nitrogens with one attached hydrogen (secondary N) is 2. The van der Waals surface area contributed by atoms with Crippen LogP contribution in [0, 0.1) is 0 Å². The van der Waals surface area contributed by atoms with Crippen molar-refractivity contribution in [2.24, 2.45) is 0 Å². The number of benzene rings is 2. The van der Waals surface area contributed by atoms with Crippen molar-refractivity contribution >= 4 is 28.9 Å². The number of rotatable bonds is 5. The lowest BCUT2D eigenvalue weighted by atomic mass is 10.2. The van der Waals surface area contributed by atoms with E-state index >= 15 is 0 Å². The second-order valence-corrected chi connectivity index (χ2v) is 7.00. The molecule has 0 saturated carbocycles. The van der Waals surface area contributed by atoms with Crippen molar-refractivity contribution in [1.29, 1.82) is 0 Å². The molecule has 0 radical (unpaired) electrons. The first-order valence-corrected chi connectivity index (χ1v) is 9.24. The summed E-state index contributed by atoms with van der Waals surface area (Å²) in [5.41, 5.74) is 1.91. The van der Waals surface area contributed by atoms with Crippen molar-refractivity contribution in [1.82, 2.24) is 0 Å². The van der Waals surface area contributed by atoms with Crippen LogP contribution in [0.15, 0.2) is 48.5 Å². The number of carbonyl (C=O) groups excluding carboxylic acids is 1. The number of quaternary nitrogens is 1. The topological polar surface area (TPSA) is 46.0 Å². The fourth-order valence-electron chi connectivity index (χ4n) is 3.29. The van der Waals surface area contributed by atoms with Crippen molar-refractivity contribution in [3.05, 3.63) is 53.6 Å². The Labute approximate surface area is 159 Å². The van der Waals surface area contributed by atoms with Crippen LogP contribution in [-0.2, 0) is 4.79 Å². The Bertz CT molecular complexity index is 760. The first-order chi connectivity index (χ1) is 12.6. The van der Waals surface area contributed by atoms with Gasteiger partial charge in [-0.05, 0) is 37.3 Å². The molecular weight excluding hydrogens is 350 g/mol. The summed E-state index contributed by atoms with van der Waals surface area (Å²) in [5, 5.41) is 3.58. The number of carbonyl (C=O) groups is 1. The van der Waals surface area contributed by atoms with E-state index in [0.717, 1.165) is 37.6 Å². The van der Waals surface area contributed by atoms with Crippen LogP contribution in [0.5, 0.6) is 5.75 Å². The van der Waals surface area contributed by atoms with E-state index in [1.807, 2.05) is 31.2 Å². The first kappa shape index (κ1) is 18.5. The third kappa shape index (κ3) is 4.48. The van der Waals surface area contributed by atoms with Crippen molar-refractivity contribution in [2.45, 2.75) is 13.0 Å². The molecule has 1 saturated heterocycles. The summed E-state index contributed by atoms with van der Waals surface area (Å²) >= 11 is 5.98. The molecule has 2 aromatic rings. The highest BCUT2D eigenvalue weighted by atomic mass is 35.5. The Morgan fingerprint density at radius 2 is 1.92 bits per heavy atom. The molecule has 2 N–H and O–H groups in total. The van der Waals surface area contributed by atoms with Gasteiger partial charge in [0.2, 0.25) is 0 Å². The molecule has 0 aromatic heterocycles. The van der Waals surface area contributed by atoms with E-state index in [0.29, 0.717) is 5.02 Å². The lowest BCUT2D eigenvalue weighted by Gasteiger charge is -2.36. The highest BCUT2D eigenvalue weighted by Crippen LogP contribution is 2.20. The average molecular weight is 375 g/mol. The van der Waals surface area contributed by atoms with Crippen LogP contribution in [0.25, 0.3) is 0 Å². The summed E-state index contributed by atoms with van der Waals surface area (Å²) in [6.45, 7) is 5.65. The number of methoxy groups -OCH3 is 1. The number of amides is 1. The van der Waals surface area contributed by atoms with Gasteiger partial charge < -0.3 is 19.9 Å². The molecule has 138 valence electrons. The predicted octanol–water partition coefficient (Wildman–Crippen LogP) is 2.08. The molecule has 1 aliphatic heterocycles. The van der Waals surface area contributed by atoms with E-state index in [4.69, 9.17) is 16.3 Å². The Morgan fingerprint density at radius 3 is 2.62 bits per heavy atom. The van der Waals surface area contributed by atoms with Crippen molar-refractivity contribution in [3.63, 3.8) is 0 Å². The molecule has 26 heavy (non-hydrogen) atoms. The highest BCUT2D eigenvalue weighted by Gasteiger charge is 2.29. The van der Waals surface area contributed by atoms with Crippen molar-refractivity contribution < 1.29 is 14.4 Å². The quantitative estimate of drug-likeness (QED) is 0.842. The van der Waals surface area contributed by atoms with Gasteiger partial charge in [-0.1, -0.05) is 23.7 Å². The molecule has 0 unspecified atom stereocenters. The van der Waals surface area contributed by atoms with E-state index in [1.165, 1.54) is 10.6 Å². The third-order valence-corrected chi connectivity index (χ3v) is 5.16. The average Bonchev–Trinajstić information content (AvgIpc) is 2.67. The van der Waals surface area contributed by atoms with Gasteiger partial charge in [-0.2, -0.15) is 0 Å². The minimum Gasteiger partial charge on any atom is -0.497 e. The van der Waals surface area contributed by atoms with Crippen LogP contribution in [-0.4, -0.2) is 45.2 Å². The summed E-state index contributed by atoms with van der Waals surface area (Å²) in [4.78, 5) is 16.2. The molecule has 1 aliphatic rings. The number of anilines is 2. The zero-order valence-electron chi connectivity index (χ0n) is 15.2. The largest absolute Gasteiger partial charge is 0.497 e. The van der Waals surface area contributed by atoms with Crippen LogP contribution in [0.1, 0.15) is 6.92 Å². The molecule has 0 bridgehead atoms. The second kappa shape index (κ2) is 8.43. The zero-order chi connectivity index (χ0) is 18.5. The summed E-state index contributed by atoms with van der Waals surface area (Å²) in [6, 6.07) is 15.3. The maximum atomic E-state index is 12.6. The fraction of sp³-hybridized carbons (Fsp3) is 0.350. The minimum atomic E-state index is -0.110. The minimum absolute atomic E-state index is 0.0251. The van der Waals surface area contributed by atoms with Gasteiger partial charge in [0, 0.05) is 22.5 Å². The van der Waals surface area contributed by atoms with E-state index < -0.39 is 0 Å². The molecule has 0 aliphatic carbocycles. The van der Waals surface area contributed by atoms with Crippen LogP contribution in [0.2, 0.25) is 5.02 Å². The van der Waals surface area contributed by atoms with Gasteiger partial charge in [0.1, 0.15) is 5.75 Å². The van der Waals surface area contributed by atoms with Crippen molar-refractivity contribution in [2.75, 3.05) is 43.5 Å². The van der Waals surface area contributed by atoms with Gasteiger partial charge in [-0.3, -0.25) is 4.79 Å². The lowest BCUT2D eigenvalue weighted by Crippen LogP contribution is -3.19. The van der Waals surface area contributed by atoms with E-state index in [2.05, 4.69) is 22.3 Å². The molecule has 3 rings (SSSR count). The monoisotopic (exact) mass is 374 g/mol. The van der Waals surface area contributed by atoms with Crippen LogP contribution < -0.4 is 19.9 Å². The first-order valence-electron chi connectivity index (χ1n) is 8.87. The maximum absolute atomic E-state index is 12.6. The van der Waals surface area contributed by atoms with Gasteiger partial charge in [0.25, 0.3) is 5.91 Å². The standard InChI is InChI=1S/C20H24ClN3O2/c1-15(20(25)22-17-6-3-5-16(21)13-17)23-9-11-24(12-10-23)18-7-4-8-19(14-18)26-2/h3-8,13-15H,9-12H2,1-2H3,(H,22,25)/p+1/t15-/m1/s1. The summed E-state index contributed by atoms with van der Waals surface area (Å²) < 4.78 is 5.31. The molecule has 6 heteroatoms. The Morgan fingerprint density at radius 1 is 1.19 bits per heavy atom. The molecule has 1 fully saturated rings. The Kier molecular flexibility index (Phi) is 6.01. The number of hydrogen-bond donors (Lipinski definition) is 2. The Hall–Kier alpha value is -2.24. The van der Waals surface area contributed by atoms with Gasteiger partial charge in [0.05, 0.1) is 33.3 Å². The molecule has 1 heterocycles. The van der Waals surface area contributed by atoms with Gasteiger partial charge in [-0.25, -0.2) is 0 Å². The maximum Gasteiger partial charge on any atom is 0.282 e. The Balaban J connectivity index is 1.56. The molecule has 0 spiro atoms. The molecular formula is C20H25ClN3O2+. The second-order valence-electron chi connectivity index (χ2n) is 6.57. The predicted molar refractivity (Wildman–Crippen MR) is 105 cm³/mol. The fourth-order valence-corrected chi connectivity index (χ4v) is 3.48. The van der Waals surface area contributed by atoms with E-state index in [9.17, 15) is 4.79 Å². The third-order valence-electron chi connectivity index (χ3n) is 4.92. The van der Waals surface area contributed by atoms with E-state index in [-0.39, 0.29) is 11.9 Å². The SMILES string of the molecule is COc1cccc(N2CC[NH+]([C@H](C)C(=O)Nc3cccc(Cl)c3)CC2)c1. The van der Waals surface area contributed by atoms with Crippen LogP contribution in [0.4, 0.5) is 11.4 Å². The van der Waals surface area contributed by atoms with Gasteiger partial charge in [0.15, 0.2) is 6.04 Å². The number of hydrogen-bond acceptors (Lipinski definition) is 3.